The molecule has 0 aromatic rings. The van der Waals surface area contributed by atoms with Crippen LogP contribution in [0.15, 0.2) is 0 Å². The number of methoxy groups -OCH3 is 1. The maximum absolute atomic E-state index is 11.3. The first kappa shape index (κ1) is 13.0. The van der Waals surface area contributed by atoms with Crippen molar-refractivity contribution < 1.29 is 9.53 Å². The summed E-state index contributed by atoms with van der Waals surface area (Å²) in [5, 5.41) is 0. The molecule has 0 aromatic carbocycles. The second-order valence-corrected chi connectivity index (χ2v) is 5.57. The largest absolute Gasteiger partial charge is 0.468 e. The summed E-state index contributed by atoms with van der Waals surface area (Å²) in [6.07, 6.45) is 2.45. The Bertz CT molecular complexity index is 223. The fraction of sp³-hybridized carbons (Fsp3) is 0.909. The van der Waals surface area contributed by atoms with E-state index in [1.165, 1.54) is 20.0 Å². The molecule has 0 aromatic heterocycles. The highest BCUT2D eigenvalue weighted by molar-refractivity contribution is 9.10. The van der Waals surface area contributed by atoms with Gasteiger partial charge in [0.25, 0.3) is 0 Å². The van der Waals surface area contributed by atoms with Crippen molar-refractivity contribution >= 4 is 21.9 Å². The number of carbonyl (C=O) groups is 1. The van der Waals surface area contributed by atoms with Gasteiger partial charge in [-0.05, 0) is 32.2 Å². The maximum Gasteiger partial charge on any atom is 0.320 e. The van der Waals surface area contributed by atoms with E-state index >= 15 is 0 Å². The van der Waals surface area contributed by atoms with Crippen molar-refractivity contribution in [3.8, 4) is 0 Å². The summed E-state index contributed by atoms with van der Waals surface area (Å²) in [4.78, 5) is 13.4. The molecule has 0 aliphatic carbocycles. The Labute approximate surface area is 100 Å². The SMILES string of the molecule is COC(=O)C(Br)CN1CCC(C)CC1C. The van der Waals surface area contributed by atoms with E-state index in [9.17, 15) is 4.79 Å². The van der Waals surface area contributed by atoms with Crippen LogP contribution >= 0.6 is 15.9 Å². The van der Waals surface area contributed by atoms with Crippen LogP contribution in [0.1, 0.15) is 26.7 Å². The summed E-state index contributed by atoms with van der Waals surface area (Å²) in [6, 6.07) is 0.568. The number of ether oxygens (including phenoxy) is 1. The molecule has 1 aliphatic rings. The Morgan fingerprint density at radius 1 is 1.60 bits per heavy atom. The van der Waals surface area contributed by atoms with Gasteiger partial charge in [0, 0.05) is 12.6 Å². The molecular weight excluding hydrogens is 258 g/mol. The zero-order valence-electron chi connectivity index (χ0n) is 9.70. The molecule has 3 unspecified atom stereocenters. The Kier molecular flexibility index (Phi) is 5.06. The molecule has 15 heavy (non-hydrogen) atoms. The fourth-order valence-corrected chi connectivity index (χ4v) is 2.69. The lowest BCUT2D eigenvalue weighted by atomic mass is 9.93. The van der Waals surface area contributed by atoms with E-state index < -0.39 is 0 Å². The number of piperidine rings is 1. The van der Waals surface area contributed by atoms with E-state index in [0.717, 1.165) is 19.0 Å². The van der Waals surface area contributed by atoms with E-state index in [1.807, 2.05) is 0 Å². The molecule has 0 bridgehead atoms. The predicted octanol–water partition coefficient (Wildman–Crippen LogP) is 2.04. The van der Waals surface area contributed by atoms with Crippen LogP contribution < -0.4 is 0 Å². The number of carbonyl (C=O) groups excluding carboxylic acids is 1. The van der Waals surface area contributed by atoms with Crippen LogP contribution in [0.4, 0.5) is 0 Å². The third-order valence-corrected chi connectivity index (χ3v) is 3.79. The third-order valence-electron chi connectivity index (χ3n) is 3.13. The number of hydrogen-bond acceptors (Lipinski definition) is 3. The molecule has 1 fully saturated rings. The predicted molar refractivity (Wildman–Crippen MR) is 64.2 cm³/mol. The first-order valence-electron chi connectivity index (χ1n) is 5.50. The molecule has 1 heterocycles. The molecule has 1 saturated heterocycles. The normalized spacial score (nSPS) is 29.9. The molecule has 88 valence electrons. The van der Waals surface area contributed by atoms with Gasteiger partial charge < -0.3 is 4.74 Å². The first-order chi connectivity index (χ1) is 7.04. The van der Waals surface area contributed by atoms with E-state index in [2.05, 4.69) is 34.7 Å². The summed E-state index contributed by atoms with van der Waals surface area (Å²) in [6.45, 7) is 6.36. The Hall–Kier alpha value is -0.0900. The van der Waals surface area contributed by atoms with Crippen LogP contribution in [0.5, 0.6) is 0 Å². The van der Waals surface area contributed by atoms with Crippen LogP contribution in [0.25, 0.3) is 0 Å². The number of likely N-dealkylation sites (tertiary alicyclic amines) is 1. The molecule has 1 rings (SSSR count). The van der Waals surface area contributed by atoms with E-state index in [1.54, 1.807) is 0 Å². The number of esters is 1. The van der Waals surface area contributed by atoms with Gasteiger partial charge in [-0.3, -0.25) is 9.69 Å². The summed E-state index contributed by atoms with van der Waals surface area (Å²) >= 11 is 3.37. The quantitative estimate of drug-likeness (QED) is 0.584. The molecule has 0 radical (unpaired) electrons. The van der Waals surface area contributed by atoms with Crippen molar-refractivity contribution in [2.75, 3.05) is 20.2 Å². The molecule has 3 nitrogen and oxygen atoms in total. The standard InChI is InChI=1S/C11H20BrNO2/c1-8-4-5-13(9(2)6-8)7-10(12)11(14)15-3/h8-10H,4-7H2,1-3H3. The number of hydrogen-bond donors (Lipinski definition) is 0. The second-order valence-electron chi connectivity index (χ2n) is 4.46. The van der Waals surface area contributed by atoms with Crippen LogP contribution in [0.2, 0.25) is 0 Å². The van der Waals surface area contributed by atoms with Crippen molar-refractivity contribution in [1.29, 1.82) is 0 Å². The zero-order valence-corrected chi connectivity index (χ0v) is 11.3. The number of rotatable bonds is 3. The summed E-state index contributed by atoms with van der Waals surface area (Å²) in [7, 11) is 1.43. The Morgan fingerprint density at radius 2 is 2.27 bits per heavy atom. The van der Waals surface area contributed by atoms with Gasteiger partial charge in [0.05, 0.1) is 7.11 Å². The Balaban J connectivity index is 2.41. The molecule has 0 N–H and O–H groups in total. The zero-order chi connectivity index (χ0) is 11.4. The average Bonchev–Trinajstić information content (AvgIpc) is 2.20. The van der Waals surface area contributed by atoms with Crippen LogP contribution in [-0.2, 0) is 9.53 Å². The van der Waals surface area contributed by atoms with Gasteiger partial charge >= 0.3 is 5.97 Å². The smallest absolute Gasteiger partial charge is 0.320 e. The molecule has 0 amide bonds. The van der Waals surface area contributed by atoms with Crippen LogP contribution in [-0.4, -0.2) is 41.9 Å². The third kappa shape index (κ3) is 3.76. The summed E-state index contributed by atoms with van der Waals surface area (Å²) < 4.78 is 4.70. The van der Waals surface area contributed by atoms with Gasteiger partial charge in [-0.25, -0.2) is 0 Å². The monoisotopic (exact) mass is 277 g/mol. The van der Waals surface area contributed by atoms with Crippen molar-refractivity contribution in [3.63, 3.8) is 0 Å². The topological polar surface area (TPSA) is 29.5 Å². The van der Waals surface area contributed by atoms with Gasteiger partial charge in [0.1, 0.15) is 4.83 Å². The van der Waals surface area contributed by atoms with Crippen LogP contribution in [0.3, 0.4) is 0 Å². The Morgan fingerprint density at radius 3 is 2.80 bits per heavy atom. The lowest BCUT2D eigenvalue weighted by molar-refractivity contribution is -0.140. The lowest BCUT2D eigenvalue weighted by Crippen LogP contribution is -2.44. The summed E-state index contributed by atoms with van der Waals surface area (Å²) in [5.41, 5.74) is 0. The van der Waals surface area contributed by atoms with E-state index in [-0.39, 0.29) is 10.8 Å². The van der Waals surface area contributed by atoms with Crippen molar-refractivity contribution in [3.05, 3.63) is 0 Å². The maximum atomic E-state index is 11.3. The van der Waals surface area contributed by atoms with E-state index in [4.69, 9.17) is 4.74 Å². The number of nitrogens with zero attached hydrogens (tertiary/aromatic N) is 1. The van der Waals surface area contributed by atoms with Gasteiger partial charge in [0.2, 0.25) is 0 Å². The molecule has 0 saturated carbocycles. The van der Waals surface area contributed by atoms with Crippen molar-refractivity contribution in [2.45, 2.75) is 37.6 Å². The highest BCUT2D eigenvalue weighted by atomic mass is 79.9. The van der Waals surface area contributed by atoms with Crippen molar-refractivity contribution in [1.82, 2.24) is 4.90 Å². The minimum Gasteiger partial charge on any atom is -0.468 e. The second kappa shape index (κ2) is 5.85. The molecule has 4 heteroatoms. The van der Waals surface area contributed by atoms with Gasteiger partial charge in [-0.2, -0.15) is 0 Å². The van der Waals surface area contributed by atoms with Crippen molar-refractivity contribution in [2.24, 2.45) is 5.92 Å². The fourth-order valence-electron chi connectivity index (χ4n) is 2.14. The lowest BCUT2D eigenvalue weighted by Gasteiger charge is -2.37. The summed E-state index contributed by atoms with van der Waals surface area (Å²) in [5.74, 6) is 0.629. The van der Waals surface area contributed by atoms with Gasteiger partial charge in [-0.15, -0.1) is 0 Å². The van der Waals surface area contributed by atoms with Gasteiger partial charge in [0.15, 0.2) is 0 Å². The highest BCUT2D eigenvalue weighted by Gasteiger charge is 2.26. The van der Waals surface area contributed by atoms with Crippen LogP contribution in [0, 0.1) is 5.92 Å². The minimum atomic E-state index is -0.196. The molecule has 3 atom stereocenters. The van der Waals surface area contributed by atoms with E-state index in [0.29, 0.717) is 6.04 Å². The molecular formula is C11H20BrNO2. The number of alkyl halides is 1. The first-order valence-corrected chi connectivity index (χ1v) is 6.42. The number of halogens is 1. The minimum absolute atomic E-state index is 0.180. The van der Waals surface area contributed by atoms with Gasteiger partial charge in [-0.1, -0.05) is 22.9 Å². The highest BCUT2D eigenvalue weighted by Crippen LogP contribution is 2.23. The average molecular weight is 278 g/mol. The molecule has 1 aliphatic heterocycles. The molecule has 0 spiro atoms.